The van der Waals surface area contributed by atoms with E-state index in [1.165, 1.54) is 24.4 Å². The highest BCUT2D eigenvalue weighted by atomic mass is 32.1. The SMILES string of the molecule is CNc1ncc(CN2CCC(C)C2)s1. The smallest absolute Gasteiger partial charge is 0.182 e. The van der Waals surface area contributed by atoms with Gasteiger partial charge in [-0.25, -0.2) is 4.98 Å². The fraction of sp³-hybridized carbons (Fsp3) is 0.700. The van der Waals surface area contributed by atoms with Gasteiger partial charge in [-0.05, 0) is 18.9 Å². The second kappa shape index (κ2) is 4.28. The highest BCUT2D eigenvalue weighted by molar-refractivity contribution is 7.15. The zero-order valence-corrected chi connectivity index (χ0v) is 9.60. The van der Waals surface area contributed by atoms with Crippen molar-refractivity contribution in [3.05, 3.63) is 11.1 Å². The van der Waals surface area contributed by atoms with Crippen molar-refractivity contribution in [1.82, 2.24) is 9.88 Å². The van der Waals surface area contributed by atoms with Crippen LogP contribution in [0.4, 0.5) is 5.13 Å². The third-order valence-electron chi connectivity index (χ3n) is 2.65. The number of hydrogen-bond acceptors (Lipinski definition) is 4. The maximum absolute atomic E-state index is 4.28. The van der Waals surface area contributed by atoms with Gasteiger partial charge in [0.05, 0.1) is 0 Å². The van der Waals surface area contributed by atoms with E-state index in [-0.39, 0.29) is 0 Å². The van der Waals surface area contributed by atoms with E-state index in [0.717, 1.165) is 17.6 Å². The van der Waals surface area contributed by atoms with Gasteiger partial charge in [-0.3, -0.25) is 4.90 Å². The number of hydrogen-bond donors (Lipinski definition) is 1. The Morgan fingerprint density at radius 3 is 3.14 bits per heavy atom. The van der Waals surface area contributed by atoms with Crippen LogP contribution in [0.2, 0.25) is 0 Å². The lowest BCUT2D eigenvalue weighted by molar-refractivity contribution is 0.323. The summed E-state index contributed by atoms with van der Waals surface area (Å²) in [6.07, 6.45) is 3.33. The summed E-state index contributed by atoms with van der Waals surface area (Å²) in [4.78, 5) is 8.15. The van der Waals surface area contributed by atoms with Crippen molar-refractivity contribution >= 4 is 16.5 Å². The molecule has 1 N–H and O–H groups in total. The van der Waals surface area contributed by atoms with Gasteiger partial charge in [-0.15, -0.1) is 11.3 Å². The van der Waals surface area contributed by atoms with Crippen molar-refractivity contribution in [3.63, 3.8) is 0 Å². The lowest BCUT2D eigenvalue weighted by Crippen LogP contribution is -2.18. The molecule has 1 saturated heterocycles. The molecule has 0 bridgehead atoms. The van der Waals surface area contributed by atoms with Crippen LogP contribution in [0.15, 0.2) is 6.20 Å². The van der Waals surface area contributed by atoms with Crippen LogP contribution in [-0.4, -0.2) is 30.0 Å². The molecule has 1 unspecified atom stereocenters. The Bertz CT molecular complexity index is 297. The zero-order valence-electron chi connectivity index (χ0n) is 8.79. The number of nitrogens with zero attached hydrogens (tertiary/aromatic N) is 2. The molecule has 1 atom stereocenters. The van der Waals surface area contributed by atoms with Crippen LogP contribution in [-0.2, 0) is 6.54 Å². The highest BCUT2D eigenvalue weighted by Crippen LogP contribution is 2.22. The number of anilines is 1. The minimum atomic E-state index is 0.867. The van der Waals surface area contributed by atoms with Crippen LogP contribution in [0.25, 0.3) is 0 Å². The van der Waals surface area contributed by atoms with Crippen molar-refractivity contribution in [2.24, 2.45) is 5.92 Å². The van der Waals surface area contributed by atoms with E-state index in [1.54, 1.807) is 11.3 Å². The molecule has 14 heavy (non-hydrogen) atoms. The van der Waals surface area contributed by atoms with Gasteiger partial charge in [-0.1, -0.05) is 6.92 Å². The fourth-order valence-corrected chi connectivity index (χ4v) is 2.69. The molecule has 4 heteroatoms. The number of nitrogens with one attached hydrogen (secondary N) is 1. The third-order valence-corrected chi connectivity index (χ3v) is 3.65. The number of thiazole rings is 1. The van der Waals surface area contributed by atoms with Gasteiger partial charge in [0.1, 0.15) is 0 Å². The van der Waals surface area contributed by atoms with Crippen LogP contribution in [0.3, 0.4) is 0 Å². The van der Waals surface area contributed by atoms with Crippen LogP contribution >= 0.6 is 11.3 Å². The molecule has 1 aliphatic rings. The van der Waals surface area contributed by atoms with E-state index in [2.05, 4.69) is 22.1 Å². The lowest BCUT2D eigenvalue weighted by Gasteiger charge is -2.12. The molecular formula is C10H17N3S. The molecule has 0 saturated carbocycles. The minimum absolute atomic E-state index is 0.867. The average molecular weight is 211 g/mol. The number of rotatable bonds is 3. The molecule has 78 valence electrons. The van der Waals surface area contributed by atoms with Crippen LogP contribution in [0.1, 0.15) is 18.2 Å². The summed E-state index contributed by atoms with van der Waals surface area (Å²) in [6, 6.07) is 0. The maximum atomic E-state index is 4.28. The summed E-state index contributed by atoms with van der Waals surface area (Å²) in [7, 11) is 1.92. The summed E-state index contributed by atoms with van der Waals surface area (Å²) in [5, 5.41) is 4.09. The highest BCUT2D eigenvalue weighted by Gasteiger charge is 2.19. The number of likely N-dealkylation sites (tertiary alicyclic amines) is 1. The minimum Gasteiger partial charge on any atom is -0.365 e. The van der Waals surface area contributed by atoms with Gasteiger partial charge in [0.2, 0.25) is 0 Å². The largest absolute Gasteiger partial charge is 0.365 e. The van der Waals surface area contributed by atoms with Crippen LogP contribution in [0, 0.1) is 5.92 Å². The molecule has 1 fully saturated rings. The summed E-state index contributed by atoms with van der Waals surface area (Å²) < 4.78 is 0. The van der Waals surface area contributed by atoms with Crippen LogP contribution < -0.4 is 5.32 Å². The quantitative estimate of drug-likeness (QED) is 0.829. The van der Waals surface area contributed by atoms with Gasteiger partial charge >= 0.3 is 0 Å². The van der Waals surface area contributed by atoms with Crippen LogP contribution in [0.5, 0.6) is 0 Å². The first-order valence-corrected chi connectivity index (χ1v) is 5.94. The van der Waals surface area contributed by atoms with Crippen molar-refractivity contribution in [2.45, 2.75) is 19.9 Å². The van der Waals surface area contributed by atoms with Crippen molar-refractivity contribution < 1.29 is 0 Å². The molecule has 0 aromatic carbocycles. The first kappa shape index (κ1) is 9.93. The summed E-state index contributed by atoms with van der Waals surface area (Å²) in [5.41, 5.74) is 0. The fourth-order valence-electron chi connectivity index (χ4n) is 1.89. The molecule has 2 rings (SSSR count). The Labute approximate surface area is 89.1 Å². The van der Waals surface area contributed by atoms with Gasteiger partial charge in [0.15, 0.2) is 5.13 Å². The predicted octanol–water partition coefficient (Wildman–Crippen LogP) is 2.03. The molecule has 3 nitrogen and oxygen atoms in total. The average Bonchev–Trinajstić information content (AvgIpc) is 2.76. The molecule has 0 radical (unpaired) electrons. The molecule has 0 aliphatic carbocycles. The zero-order chi connectivity index (χ0) is 9.97. The summed E-state index contributed by atoms with van der Waals surface area (Å²) >= 11 is 1.76. The standard InChI is InChI=1S/C10H17N3S/c1-8-3-4-13(6-8)7-9-5-12-10(11-2)14-9/h5,8H,3-4,6-7H2,1-2H3,(H,11,12). The van der Waals surface area contributed by atoms with E-state index in [9.17, 15) is 0 Å². The molecular weight excluding hydrogens is 194 g/mol. The molecule has 1 aromatic heterocycles. The lowest BCUT2D eigenvalue weighted by atomic mass is 10.2. The van der Waals surface area contributed by atoms with E-state index in [1.807, 2.05) is 13.2 Å². The second-order valence-corrected chi connectivity index (χ2v) is 5.13. The molecule has 1 aliphatic heterocycles. The third kappa shape index (κ3) is 2.25. The van der Waals surface area contributed by atoms with E-state index < -0.39 is 0 Å². The maximum Gasteiger partial charge on any atom is 0.182 e. The topological polar surface area (TPSA) is 28.2 Å². The van der Waals surface area contributed by atoms with Crippen molar-refractivity contribution in [1.29, 1.82) is 0 Å². The molecule has 2 heterocycles. The second-order valence-electron chi connectivity index (χ2n) is 4.01. The van der Waals surface area contributed by atoms with Gasteiger partial charge < -0.3 is 5.32 Å². The van der Waals surface area contributed by atoms with Gasteiger partial charge in [0, 0.05) is 31.2 Å². The summed E-state index contributed by atoms with van der Waals surface area (Å²) in [6.45, 7) is 5.89. The predicted molar refractivity (Wildman–Crippen MR) is 60.7 cm³/mol. The summed E-state index contributed by atoms with van der Waals surface area (Å²) in [5.74, 6) is 0.867. The first-order valence-electron chi connectivity index (χ1n) is 5.12. The van der Waals surface area contributed by atoms with E-state index >= 15 is 0 Å². The Morgan fingerprint density at radius 1 is 1.71 bits per heavy atom. The Morgan fingerprint density at radius 2 is 2.57 bits per heavy atom. The Hall–Kier alpha value is -0.610. The van der Waals surface area contributed by atoms with E-state index in [0.29, 0.717) is 0 Å². The van der Waals surface area contributed by atoms with Gasteiger partial charge in [-0.2, -0.15) is 0 Å². The monoisotopic (exact) mass is 211 g/mol. The van der Waals surface area contributed by atoms with Crippen molar-refractivity contribution in [3.8, 4) is 0 Å². The number of aromatic nitrogens is 1. The Balaban J connectivity index is 1.90. The molecule has 0 amide bonds. The normalized spacial score (nSPS) is 22.9. The van der Waals surface area contributed by atoms with E-state index in [4.69, 9.17) is 0 Å². The Kier molecular flexibility index (Phi) is 3.03. The first-order chi connectivity index (χ1) is 6.78. The van der Waals surface area contributed by atoms with Gasteiger partial charge in [0.25, 0.3) is 0 Å². The molecule has 1 aromatic rings. The molecule has 0 spiro atoms. The van der Waals surface area contributed by atoms with Crippen molar-refractivity contribution in [2.75, 3.05) is 25.5 Å².